The third-order valence-corrected chi connectivity index (χ3v) is 2.29. The van der Waals surface area contributed by atoms with Gasteiger partial charge in [0.25, 0.3) is 0 Å². The molecule has 6 N–H and O–H groups in total. The van der Waals surface area contributed by atoms with Gasteiger partial charge >= 0.3 is 0 Å². The van der Waals surface area contributed by atoms with Crippen molar-refractivity contribution in [1.82, 2.24) is 0 Å². The average molecular weight is 231 g/mol. The molecule has 0 fully saturated rings. The summed E-state index contributed by atoms with van der Waals surface area (Å²) in [5.41, 5.74) is 16.7. The van der Waals surface area contributed by atoms with Crippen LogP contribution in [0.2, 0.25) is 0 Å². The lowest BCUT2D eigenvalue weighted by atomic mass is 9.97. The Morgan fingerprint density at radius 2 is 1.12 bits per heavy atom. The molecular weight excluding hydrogens is 198 g/mol. The zero-order valence-corrected chi connectivity index (χ0v) is 11.9. The van der Waals surface area contributed by atoms with Crippen LogP contribution in [0.3, 0.4) is 0 Å². The monoisotopic (exact) mass is 231 g/mol. The number of hydrogen-bond acceptors (Lipinski definition) is 3. The van der Waals surface area contributed by atoms with Gasteiger partial charge in [-0.25, -0.2) is 0 Å². The summed E-state index contributed by atoms with van der Waals surface area (Å²) >= 11 is 0. The van der Waals surface area contributed by atoms with Crippen LogP contribution >= 0.6 is 0 Å². The third kappa shape index (κ3) is 19.5. The van der Waals surface area contributed by atoms with Crippen LogP contribution in [0.5, 0.6) is 0 Å². The molecule has 0 aliphatic rings. The van der Waals surface area contributed by atoms with Crippen molar-refractivity contribution in [1.29, 1.82) is 0 Å². The van der Waals surface area contributed by atoms with Crippen LogP contribution < -0.4 is 17.2 Å². The lowest BCUT2D eigenvalue weighted by molar-refractivity contribution is 0.422. The summed E-state index contributed by atoms with van der Waals surface area (Å²) in [6.07, 6.45) is 4.53. The van der Waals surface area contributed by atoms with E-state index in [1.54, 1.807) is 0 Å². The van der Waals surface area contributed by atoms with E-state index < -0.39 is 0 Å². The first kappa shape index (κ1) is 18.3. The first-order valence-corrected chi connectivity index (χ1v) is 6.56. The van der Waals surface area contributed by atoms with E-state index in [4.69, 9.17) is 17.2 Å². The van der Waals surface area contributed by atoms with Gasteiger partial charge in [-0.15, -0.1) is 0 Å². The van der Waals surface area contributed by atoms with Crippen molar-refractivity contribution in [3.8, 4) is 0 Å². The van der Waals surface area contributed by atoms with Crippen LogP contribution in [-0.4, -0.2) is 18.1 Å². The molecule has 0 aromatic carbocycles. The molecule has 0 saturated heterocycles. The van der Waals surface area contributed by atoms with E-state index in [0.717, 1.165) is 19.3 Å². The summed E-state index contributed by atoms with van der Waals surface area (Å²) in [4.78, 5) is 0. The van der Waals surface area contributed by atoms with Gasteiger partial charge in [-0.2, -0.15) is 0 Å². The standard InChI is InChI=1S/C8H20N2.C5H13N/c1-6(4-7(2)9)5-8(3)10;1-3-4-5(2)6/h6-8H,4-5,9-10H2,1-3H3;5H,3-4,6H2,1-2H3. The van der Waals surface area contributed by atoms with Gasteiger partial charge in [0, 0.05) is 18.1 Å². The largest absolute Gasteiger partial charge is 0.328 e. The van der Waals surface area contributed by atoms with Gasteiger partial charge in [-0.3, -0.25) is 0 Å². The van der Waals surface area contributed by atoms with Gasteiger partial charge in [0.05, 0.1) is 0 Å². The Balaban J connectivity index is 0. The Morgan fingerprint density at radius 3 is 1.25 bits per heavy atom. The van der Waals surface area contributed by atoms with Gasteiger partial charge in [0.1, 0.15) is 0 Å². The van der Waals surface area contributed by atoms with E-state index in [1.807, 2.05) is 20.8 Å². The fourth-order valence-corrected chi connectivity index (χ4v) is 1.82. The maximum atomic E-state index is 5.63. The van der Waals surface area contributed by atoms with Crippen molar-refractivity contribution in [2.75, 3.05) is 0 Å². The first-order valence-electron chi connectivity index (χ1n) is 6.56. The molecule has 0 aliphatic carbocycles. The van der Waals surface area contributed by atoms with Crippen LogP contribution in [0, 0.1) is 5.92 Å². The molecular formula is C13H33N3. The second-order valence-electron chi connectivity index (χ2n) is 5.30. The molecule has 0 aliphatic heterocycles. The number of hydrogen-bond donors (Lipinski definition) is 3. The molecule has 3 atom stereocenters. The fourth-order valence-electron chi connectivity index (χ4n) is 1.82. The fraction of sp³-hybridized carbons (Fsp3) is 1.00. The van der Waals surface area contributed by atoms with E-state index >= 15 is 0 Å². The molecule has 0 saturated carbocycles. The van der Waals surface area contributed by atoms with Crippen molar-refractivity contribution < 1.29 is 0 Å². The van der Waals surface area contributed by atoms with Crippen molar-refractivity contribution in [2.45, 2.75) is 78.4 Å². The summed E-state index contributed by atoms with van der Waals surface area (Å²) in [7, 11) is 0. The summed E-state index contributed by atoms with van der Waals surface area (Å²) in [6, 6.07) is 1.03. The Labute approximate surface area is 102 Å². The quantitative estimate of drug-likeness (QED) is 0.656. The van der Waals surface area contributed by atoms with Crippen LogP contribution in [0.1, 0.15) is 60.3 Å². The lowest BCUT2D eigenvalue weighted by Crippen LogP contribution is -2.23. The van der Waals surface area contributed by atoms with Gasteiger partial charge < -0.3 is 17.2 Å². The van der Waals surface area contributed by atoms with Crippen molar-refractivity contribution >= 4 is 0 Å². The highest BCUT2D eigenvalue weighted by Gasteiger charge is 2.06. The van der Waals surface area contributed by atoms with Gasteiger partial charge in [-0.05, 0) is 46.0 Å². The maximum Gasteiger partial charge on any atom is 0.00130 e. The predicted octanol–water partition coefficient (Wildman–Crippen LogP) is 2.23. The number of rotatable bonds is 6. The minimum absolute atomic E-state index is 0.314. The Kier molecular flexibility index (Phi) is 13.0. The zero-order chi connectivity index (χ0) is 13.1. The van der Waals surface area contributed by atoms with E-state index in [9.17, 15) is 0 Å². The molecule has 0 heterocycles. The van der Waals surface area contributed by atoms with Crippen molar-refractivity contribution in [2.24, 2.45) is 23.1 Å². The molecule has 0 rings (SSSR count). The summed E-state index contributed by atoms with van der Waals surface area (Å²) < 4.78 is 0. The molecule has 0 amide bonds. The molecule has 0 radical (unpaired) electrons. The van der Waals surface area contributed by atoms with Crippen LogP contribution in [0.25, 0.3) is 0 Å². The minimum Gasteiger partial charge on any atom is -0.328 e. The zero-order valence-electron chi connectivity index (χ0n) is 11.9. The molecule has 0 bridgehead atoms. The van der Waals surface area contributed by atoms with Crippen molar-refractivity contribution in [3.63, 3.8) is 0 Å². The lowest BCUT2D eigenvalue weighted by Gasteiger charge is -2.15. The smallest absolute Gasteiger partial charge is 0.00130 e. The molecule has 16 heavy (non-hydrogen) atoms. The molecule has 0 aromatic heterocycles. The molecule has 3 unspecified atom stereocenters. The molecule has 100 valence electrons. The summed E-state index contributed by atoms with van der Waals surface area (Å²) in [5, 5.41) is 0. The van der Waals surface area contributed by atoms with Crippen LogP contribution in [0.4, 0.5) is 0 Å². The SMILES string of the molecule is CC(N)CC(C)CC(C)N.CCCC(C)N. The Morgan fingerprint density at radius 1 is 0.750 bits per heavy atom. The summed E-state index contributed by atoms with van der Waals surface area (Å²) in [6.45, 7) is 10.5. The highest BCUT2D eigenvalue weighted by atomic mass is 14.6. The first-order chi connectivity index (χ1) is 7.29. The van der Waals surface area contributed by atoms with E-state index in [2.05, 4.69) is 13.8 Å². The second-order valence-corrected chi connectivity index (χ2v) is 5.30. The topological polar surface area (TPSA) is 78.1 Å². The van der Waals surface area contributed by atoms with Gasteiger partial charge in [0.15, 0.2) is 0 Å². The predicted molar refractivity (Wildman–Crippen MR) is 74.3 cm³/mol. The van der Waals surface area contributed by atoms with Crippen molar-refractivity contribution in [3.05, 3.63) is 0 Å². The van der Waals surface area contributed by atoms with Gasteiger partial charge in [-0.1, -0.05) is 20.3 Å². The van der Waals surface area contributed by atoms with Gasteiger partial charge in [0.2, 0.25) is 0 Å². The van der Waals surface area contributed by atoms with Crippen LogP contribution in [-0.2, 0) is 0 Å². The average Bonchev–Trinajstić information content (AvgIpc) is 2.00. The number of nitrogens with two attached hydrogens (primary N) is 3. The highest BCUT2D eigenvalue weighted by Crippen LogP contribution is 2.10. The maximum absolute atomic E-state index is 5.63. The molecule has 0 spiro atoms. The highest BCUT2D eigenvalue weighted by molar-refractivity contribution is 4.64. The second kappa shape index (κ2) is 11.4. The molecule has 0 aromatic rings. The Bertz CT molecular complexity index is 123. The normalized spacial score (nSPS) is 18.0. The third-order valence-electron chi connectivity index (χ3n) is 2.29. The Hall–Kier alpha value is -0.120. The minimum atomic E-state index is 0.314. The summed E-state index contributed by atoms with van der Waals surface area (Å²) in [5.74, 6) is 0.667. The molecule has 3 nitrogen and oxygen atoms in total. The molecule has 3 heteroatoms. The van der Waals surface area contributed by atoms with E-state index in [0.29, 0.717) is 24.0 Å². The van der Waals surface area contributed by atoms with E-state index in [-0.39, 0.29) is 0 Å². The van der Waals surface area contributed by atoms with E-state index in [1.165, 1.54) is 6.42 Å². The van der Waals surface area contributed by atoms with Crippen LogP contribution in [0.15, 0.2) is 0 Å².